The first-order chi connectivity index (χ1) is 19.0. The zero-order valence-electron chi connectivity index (χ0n) is 25.0. The van der Waals surface area contributed by atoms with Crippen molar-refractivity contribution in [3.05, 3.63) is 56.9 Å². The van der Waals surface area contributed by atoms with Crippen LogP contribution in [0.15, 0.2) is 40.1 Å². The van der Waals surface area contributed by atoms with Crippen molar-refractivity contribution >= 4 is 5.97 Å². The molecular formula is C33H56N2O4. The zero-order chi connectivity index (χ0) is 28.4. The fraction of sp³-hybridized carbons (Fsp3) is 0.727. The van der Waals surface area contributed by atoms with Gasteiger partial charge in [0.15, 0.2) is 0 Å². The number of esters is 1. The van der Waals surface area contributed by atoms with Crippen LogP contribution in [-0.2, 0) is 16.1 Å². The molecule has 0 aliphatic heterocycles. The summed E-state index contributed by atoms with van der Waals surface area (Å²) >= 11 is 0. The van der Waals surface area contributed by atoms with Gasteiger partial charge < -0.3 is 4.74 Å². The van der Waals surface area contributed by atoms with Crippen molar-refractivity contribution in [3.8, 4) is 0 Å². The number of nitrogens with one attached hydrogen (secondary N) is 1. The van der Waals surface area contributed by atoms with Crippen LogP contribution in [0.5, 0.6) is 0 Å². The number of H-pyrrole nitrogens is 1. The number of unbranched alkanes of at least 4 members (excludes halogenated alkanes) is 17. The number of carbonyl (C=O) groups is 1. The molecule has 1 N–H and O–H groups in total. The average molecular weight is 545 g/mol. The normalized spacial score (nSPS) is 11.6. The first-order valence-electron chi connectivity index (χ1n) is 15.8. The Morgan fingerprint density at radius 1 is 0.769 bits per heavy atom. The lowest BCUT2D eigenvalue weighted by atomic mass is 10.1. The van der Waals surface area contributed by atoms with E-state index in [9.17, 15) is 14.4 Å². The van der Waals surface area contributed by atoms with Crippen molar-refractivity contribution in [3.63, 3.8) is 0 Å². The van der Waals surface area contributed by atoms with Crippen LogP contribution in [0.4, 0.5) is 0 Å². The highest BCUT2D eigenvalue weighted by atomic mass is 16.5. The third kappa shape index (κ3) is 20.2. The smallest absolute Gasteiger partial charge is 0.328 e. The molecule has 1 rings (SSSR count). The van der Waals surface area contributed by atoms with Crippen LogP contribution in [0.25, 0.3) is 0 Å². The lowest BCUT2D eigenvalue weighted by Gasteiger charge is -2.07. The Morgan fingerprint density at radius 2 is 1.26 bits per heavy atom. The maximum Gasteiger partial charge on any atom is 0.328 e. The molecule has 6 nitrogen and oxygen atoms in total. The molecule has 1 heterocycles. The first-order valence-corrected chi connectivity index (χ1v) is 15.8. The van der Waals surface area contributed by atoms with E-state index in [0.717, 1.165) is 19.3 Å². The summed E-state index contributed by atoms with van der Waals surface area (Å²) in [5.41, 5.74) is -0.448. The molecule has 0 unspecified atom stereocenters. The van der Waals surface area contributed by atoms with Crippen molar-refractivity contribution in [1.82, 2.24) is 9.55 Å². The molecule has 0 fully saturated rings. The molecule has 0 aromatic carbocycles. The predicted octanol–water partition coefficient (Wildman–Crippen LogP) is 8.32. The largest absolute Gasteiger partial charge is 0.466 e. The molecular weight excluding hydrogens is 488 g/mol. The number of hydrogen-bond acceptors (Lipinski definition) is 4. The van der Waals surface area contributed by atoms with Crippen LogP contribution in [0.3, 0.4) is 0 Å². The van der Waals surface area contributed by atoms with E-state index in [1.807, 2.05) is 0 Å². The van der Waals surface area contributed by atoms with Crippen LogP contribution in [-0.4, -0.2) is 22.1 Å². The Balaban J connectivity index is 1.84. The highest BCUT2D eigenvalue weighted by molar-refractivity contribution is 5.69. The van der Waals surface area contributed by atoms with Crippen LogP contribution in [0.2, 0.25) is 0 Å². The summed E-state index contributed by atoms with van der Waals surface area (Å²) in [7, 11) is 0. The highest BCUT2D eigenvalue weighted by Crippen LogP contribution is 2.12. The van der Waals surface area contributed by atoms with E-state index in [-0.39, 0.29) is 18.9 Å². The topological polar surface area (TPSA) is 81.2 Å². The van der Waals surface area contributed by atoms with E-state index in [4.69, 9.17) is 4.74 Å². The molecule has 222 valence electrons. The van der Waals surface area contributed by atoms with Crippen molar-refractivity contribution in [1.29, 1.82) is 0 Å². The molecule has 0 saturated carbocycles. The maximum absolute atomic E-state index is 11.9. The number of carbonyl (C=O) groups excluding carboxylic acids is 1. The van der Waals surface area contributed by atoms with Crippen LogP contribution < -0.4 is 11.2 Å². The molecule has 0 aliphatic rings. The van der Waals surface area contributed by atoms with Crippen molar-refractivity contribution in [2.75, 3.05) is 6.61 Å². The average Bonchev–Trinajstić information content (AvgIpc) is 2.92. The second-order valence-corrected chi connectivity index (χ2v) is 10.8. The molecule has 6 heteroatoms. The predicted molar refractivity (Wildman–Crippen MR) is 163 cm³/mol. The fourth-order valence-electron chi connectivity index (χ4n) is 4.60. The number of aromatic amines is 1. The second kappa shape index (κ2) is 24.7. The minimum Gasteiger partial charge on any atom is -0.466 e. The Hall–Kier alpha value is -2.37. The molecule has 0 amide bonds. The number of rotatable bonds is 25. The van der Waals surface area contributed by atoms with Gasteiger partial charge in [0.05, 0.1) is 13.0 Å². The SMILES string of the molecule is CCCCCCCCCCCC/C=C/C=C/CCCCCCCCCOC(=O)CCn1cc(C)c(=O)[nH]c1=O. The third-order valence-electron chi connectivity index (χ3n) is 7.13. The fourth-order valence-corrected chi connectivity index (χ4v) is 4.60. The summed E-state index contributed by atoms with van der Waals surface area (Å²) in [5.74, 6) is -0.313. The van der Waals surface area contributed by atoms with Crippen molar-refractivity contribution < 1.29 is 9.53 Å². The summed E-state index contributed by atoms with van der Waals surface area (Å²) < 4.78 is 6.60. The zero-order valence-corrected chi connectivity index (χ0v) is 25.0. The van der Waals surface area contributed by atoms with Gasteiger partial charge in [-0.05, 0) is 39.0 Å². The molecule has 0 aliphatic carbocycles. The monoisotopic (exact) mass is 544 g/mol. The summed E-state index contributed by atoms with van der Waals surface area (Å²) in [6, 6.07) is 0. The number of aromatic nitrogens is 2. The second-order valence-electron chi connectivity index (χ2n) is 10.8. The number of aryl methyl sites for hydroxylation is 2. The van der Waals surface area contributed by atoms with Gasteiger partial charge in [-0.3, -0.25) is 19.1 Å². The molecule has 0 bridgehead atoms. The van der Waals surface area contributed by atoms with E-state index >= 15 is 0 Å². The molecule has 0 spiro atoms. The van der Waals surface area contributed by atoms with Gasteiger partial charge in [-0.25, -0.2) is 4.79 Å². The van der Waals surface area contributed by atoms with E-state index in [1.165, 1.54) is 113 Å². The van der Waals surface area contributed by atoms with Gasteiger partial charge in [0.25, 0.3) is 5.56 Å². The van der Waals surface area contributed by atoms with Gasteiger partial charge in [-0.2, -0.15) is 0 Å². The van der Waals surface area contributed by atoms with Gasteiger partial charge >= 0.3 is 11.7 Å². The van der Waals surface area contributed by atoms with E-state index in [1.54, 1.807) is 6.92 Å². The Morgan fingerprint density at radius 3 is 1.79 bits per heavy atom. The van der Waals surface area contributed by atoms with Crippen LogP contribution in [0, 0.1) is 6.92 Å². The van der Waals surface area contributed by atoms with Crippen LogP contribution in [0.1, 0.15) is 141 Å². The highest BCUT2D eigenvalue weighted by Gasteiger charge is 2.06. The minimum absolute atomic E-state index is 0.120. The molecule has 39 heavy (non-hydrogen) atoms. The van der Waals surface area contributed by atoms with Crippen molar-refractivity contribution in [2.24, 2.45) is 0 Å². The Kier molecular flexibility index (Phi) is 21.9. The Labute approximate surface area is 237 Å². The Bertz CT molecular complexity index is 913. The summed E-state index contributed by atoms with van der Waals surface area (Å²) in [6.45, 7) is 4.54. The number of allylic oxidation sites excluding steroid dienone is 4. The number of nitrogens with zero attached hydrogens (tertiary/aromatic N) is 1. The molecule has 0 atom stereocenters. The van der Waals surface area contributed by atoms with E-state index < -0.39 is 11.2 Å². The van der Waals surface area contributed by atoms with Gasteiger partial charge in [0.1, 0.15) is 0 Å². The molecule has 1 aromatic heterocycles. The first kappa shape index (κ1) is 34.7. The van der Waals surface area contributed by atoms with Gasteiger partial charge in [0.2, 0.25) is 0 Å². The molecule has 0 radical (unpaired) electrons. The van der Waals surface area contributed by atoms with Crippen molar-refractivity contribution in [2.45, 2.75) is 149 Å². The maximum atomic E-state index is 11.9. The van der Waals surface area contributed by atoms with Gasteiger partial charge in [-0.15, -0.1) is 0 Å². The van der Waals surface area contributed by atoms with Crippen LogP contribution >= 0.6 is 0 Å². The van der Waals surface area contributed by atoms with Gasteiger partial charge in [0, 0.05) is 18.3 Å². The summed E-state index contributed by atoms with van der Waals surface area (Å²) in [5, 5.41) is 0. The van der Waals surface area contributed by atoms with Gasteiger partial charge in [-0.1, -0.05) is 121 Å². The minimum atomic E-state index is -0.499. The lowest BCUT2D eigenvalue weighted by Crippen LogP contribution is -2.31. The third-order valence-corrected chi connectivity index (χ3v) is 7.13. The molecule has 0 saturated heterocycles. The van der Waals surface area contributed by atoms with E-state index in [2.05, 4.69) is 36.2 Å². The quantitative estimate of drug-likeness (QED) is 0.0762. The summed E-state index contributed by atoms with van der Waals surface area (Å²) in [6.07, 6.45) is 35.0. The standard InChI is InChI=1S/C33H56N2O4/c1-3-4-5-6-7-8-9-10-11-12-13-14-15-16-17-18-19-20-21-22-23-24-25-28-39-31(36)26-27-35-29-30(2)32(37)34-33(35)38/h14-17,29H,3-13,18-28H2,1-2H3,(H,34,37,38)/b15-14+,17-16+. The lowest BCUT2D eigenvalue weighted by molar-refractivity contribution is -0.144. The van der Waals surface area contributed by atoms with E-state index in [0.29, 0.717) is 12.2 Å². The summed E-state index contributed by atoms with van der Waals surface area (Å²) in [4.78, 5) is 37.2. The molecule has 1 aromatic rings. The number of ether oxygens (including phenoxy) is 1. The number of hydrogen-bond donors (Lipinski definition) is 1.